The van der Waals surface area contributed by atoms with Crippen LogP contribution in [0.1, 0.15) is 36.0 Å². The molecule has 5 heteroatoms. The van der Waals surface area contributed by atoms with Crippen LogP contribution in [-0.2, 0) is 4.79 Å². The fraction of sp³-hybridized carbons (Fsp3) is 0.500. The highest BCUT2D eigenvalue weighted by Gasteiger charge is 2.25. The first kappa shape index (κ1) is 14.1. The van der Waals surface area contributed by atoms with Crippen LogP contribution in [0.15, 0.2) is 24.3 Å². The quantitative estimate of drug-likeness (QED) is 0.893. The van der Waals surface area contributed by atoms with Crippen LogP contribution in [0, 0.1) is 0 Å². The summed E-state index contributed by atoms with van der Waals surface area (Å²) in [6.45, 7) is 2.12. The Morgan fingerprint density at radius 1 is 1.24 bits per heavy atom. The number of anilines is 1. The highest BCUT2D eigenvalue weighted by molar-refractivity contribution is 5.99. The number of piperidine rings is 1. The fourth-order valence-electron chi connectivity index (χ4n) is 3.10. The molecule has 2 saturated heterocycles. The summed E-state index contributed by atoms with van der Waals surface area (Å²) < 4.78 is 0. The molecule has 1 aromatic rings. The first-order chi connectivity index (χ1) is 10.1. The van der Waals surface area contributed by atoms with E-state index in [0.29, 0.717) is 18.5 Å². The molecule has 2 N–H and O–H groups in total. The summed E-state index contributed by atoms with van der Waals surface area (Å²) in [5, 5.41) is 0. The molecule has 1 aromatic carbocycles. The van der Waals surface area contributed by atoms with Crippen LogP contribution in [0.2, 0.25) is 0 Å². The Kier molecular flexibility index (Phi) is 3.92. The van der Waals surface area contributed by atoms with Crippen LogP contribution in [-0.4, -0.2) is 42.4 Å². The van der Waals surface area contributed by atoms with Gasteiger partial charge in [-0.05, 0) is 37.5 Å². The lowest BCUT2D eigenvalue weighted by molar-refractivity contribution is -0.117. The Hall–Kier alpha value is -1.88. The number of carbonyl (C=O) groups is 2. The van der Waals surface area contributed by atoms with Gasteiger partial charge in [-0.3, -0.25) is 9.59 Å². The molecule has 0 aliphatic carbocycles. The fourth-order valence-corrected chi connectivity index (χ4v) is 3.10. The average molecular weight is 287 g/mol. The maximum absolute atomic E-state index is 12.6. The van der Waals surface area contributed by atoms with E-state index < -0.39 is 0 Å². The van der Waals surface area contributed by atoms with Gasteiger partial charge in [0.1, 0.15) is 0 Å². The number of hydrogen-bond donors (Lipinski definition) is 1. The maximum Gasteiger partial charge on any atom is 0.253 e. The van der Waals surface area contributed by atoms with Crippen molar-refractivity contribution in [2.45, 2.75) is 31.7 Å². The van der Waals surface area contributed by atoms with Gasteiger partial charge in [-0.2, -0.15) is 0 Å². The molecule has 0 spiro atoms. The second-order valence-corrected chi connectivity index (χ2v) is 5.85. The van der Waals surface area contributed by atoms with E-state index in [-0.39, 0.29) is 17.9 Å². The van der Waals surface area contributed by atoms with Crippen LogP contribution in [0.4, 0.5) is 5.69 Å². The molecular weight excluding hydrogens is 266 g/mol. The molecule has 2 aliphatic rings. The third-order valence-electron chi connectivity index (χ3n) is 4.22. The number of amides is 2. The van der Waals surface area contributed by atoms with Crippen molar-refractivity contribution in [1.82, 2.24) is 4.90 Å². The summed E-state index contributed by atoms with van der Waals surface area (Å²) in [5.41, 5.74) is 7.41. The van der Waals surface area contributed by atoms with Crippen LogP contribution in [0.5, 0.6) is 0 Å². The van der Waals surface area contributed by atoms with Gasteiger partial charge >= 0.3 is 0 Å². The molecule has 1 unspecified atom stereocenters. The van der Waals surface area contributed by atoms with E-state index in [4.69, 9.17) is 5.73 Å². The zero-order valence-electron chi connectivity index (χ0n) is 12.1. The third kappa shape index (κ3) is 2.93. The van der Waals surface area contributed by atoms with E-state index >= 15 is 0 Å². The number of benzene rings is 1. The van der Waals surface area contributed by atoms with Gasteiger partial charge in [0.25, 0.3) is 5.91 Å². The third-order valence-corrected chi connectivity index (χ3v) is 4.22. The second kappa shape index (κ2) is 5.85. The first-order valence-corrected chi connectivity index (χ1v) is 7.60. The first-order valence-electron chi connectivity index (χ1n) is 7.60. The van der Waals surface area contributed by atoms with Gasteiger partial charge in [0.2, 0.25) is 5.91 Å². The Morgan fingerprint density at radius 2 is 2.10 bits per heavy atom. The predicted octanol–water partition coefficient (Wildman–Crippen LogP) is 1.38. The average Bonchev–Trinajstić information content (AvgIpc) is 2.93. The lowest BCUT2D eigenvalue weighted by atomic mass is 10.0. The molecule has 2 aliphatic heterocycles. The van der Waals surface area contributed by atoms with E-state index in [1.54, 1.807) is 4.90 Å². The van der Waals surface area contributed by atoms with Gasteiger partial charge in [-0.1, -0.05) is 6.07 Å². The summed E-state index contributed by atoms with van der Waals surface area (Å²) in [6.07, 6.45) is 3.42. The normalized spacial score (nSPS) is 22.7. The molecule has 0 radical (unpaired) electrons. The van der Waals surface area contributed by atoms with Crippen LogP contribution >= 0.6 is 0 Å². The number of nitrogens with zero attached hydrogens (tertiary/aromatic N) is 2. The summed E-state index contributed by atoms with van der Waals surface area (Å²) >= 11 is 0. The van der Waals surface area contributed by atoms with Crippen molar-refractivity contribution >= 4 is 17.5 Å². The summed E-state index contributed by atoms with van der Waals surface area (Å²) in [7, 11) is 0. The van der Waals surface area contributed by atoms with Crippen molar-refractivity contribution in [3.8, 4) is 0 Å². The monoisotopic (exact) mass is 287 g/mol. The lowest BCUT2D eigenvalue weighted by Crippen LogP contribution is -2.45. The number of rotatable bonds is 2. The number of nitrogens with two attached hydrogens (primary N) is 1. The summed E-state index contributed by atoms with van der Waals surface area (Å²) in [6, 6.07) is 7.45. The van der Waals surface area contributed by atoms with Crippen molar-refractivity contribution in [3.63, 3.8) is 0 Å². The second-order valence-electron chi connectivity index (χ2n) is 5.85. The van der Waals surface area contributed by atoms with Gasteiger partial charge < -0.3 is 15.5 Å². The molecule has 2 amide bonds. The van der Waals surface area contributed by atoms with Crippen molar-refractivity contribution < 1.29 is 9.59 Å². The largest absolute Gasteiger partial charge is 0.337 e. The topological polar surface area (TPSA) is 66.6 Å². The molecule has 21 heavy (non-hydrogen) atoms. The summed E-state index contributed by atoms with van der Waals surface area (Å²) in [4.78, 5) is 28.0. The molecular formula is C16H21N3O2. The molecule has 5 nitrogen and oxygen atoms in total. The van der Waals surface area contributed by atoms with Crippen LogP contribution in [0.3, 0.4) is 0 Å². The Balaban J connectivity index is 1.79. The van der Waals surface area contributed by atoms with E-state index in [9.17, 15) is 9.59 Å². The molecule has 0 saturated carbocycles. The number of likely N-dealkylation sites (tertiary alicyclic amines) is 1. The van der Waals surface area contributed by atoms with Crippen molar-refractivity contribution in [3.05, 3.63) is 29.8 Å². The minimum Gasteiger partial charge on any atom is -0.337 e. The molecule has 0 aromatic heterocycles. The van der Waals surface area contributed by atoms with Crippen LogP contribution < -0.4 is 10.6 Å². The van der Waals surface area contributed by atoms with E-state index in [1.165, 1.54) is 0 Å². The number of carbonyl (C=O) groups excluding carboxylic acids is 2. The van der Waals surface area contributed by atoms with Crippen molar-refractivity contribution in [2.75, 3.05) is 24.5 Å². The zero-order valence-corrected chi connectivity index (χ0v) is 12.1. The van der Waals surface area contributed by atoms with E-state index in [0.717, 1.165) is 38.0 Å². The zero-order chi connectivity index (χ0) is 14.8. The van der Waals surface area contributed by atoms with Gasteiger partial charge in [-0.15, -0.1) is 0 Å². The SMILES string of the molecule is NC1CCCN(C(=O)c2cccc(N3CCCC3=O)c2)C1. The van der Waals surface area contributed by atoms with E-state index in [2.05, 4.69) is 0 Å². The Bertz CT molecular complexity index is 558. The van der Waals surface area contributed by atoms with Gasteiger partial charge in [-0.25, -0.2) is 0 Å². The van der Waals surface area contributed by atoms with Crippen molar-refractivity contribution in [1.29, 1.82) is 0 Å². The molecule has 0 bridgehead atoms. The predicted molar refractivity (Wildman–Crippen MR) is 81.1 cm³/mol. The molecule has 112 valence electrons. The minimum atomic E-state index is 0.0126. The smallest absolute Gasteiger partial charge is 0.253 e. The maximum atomic E-state index is 12.6. The molecule has 2 heterocycles. The molecule has 1 atom stereocenters. The Morgan fingerprint density at radius 3 is 2.81 bits per heavy atom. The van der Waals surface area contributed by atoms with Crippen LogP contribution in [0.25, 0.3) is 0 Å². The van der Waals surface area contributed by atoms with Gasteiger partial charge in [0, 0.05) is 43.3 Å². The van der Waals surface area contributed by atoms with E-state index in [1.807, 2.05) is 29.2 Å². The standard InChI is InChI=1S/C16H21N3O2/c17-13-5-2-8-18(11-13)16(21)12-4-1-6-14(10-12)19-9-3-7-15(19)20/h1,4,6,10,13H,2-3,5,7-9,11,17H2. The highest BCUT2D eigenvalue weighted by Crippen LogP contribution is 2.23. The van der Waals surface area contributed by atoms with Gasteiger partial charge in [0.05, 0.1) is 0 Å². The van der Waals surface area contributed by atoms with Crippen molar-refractivity contribution in [2.24, 2.45) is 5.73 Å². The number of hydrogen-bond acceptors (Lipinski definition) is 3. The minimum absolute atomic E-state index is 0.0126. The Labute approximate surface area is 124 Å². The lowest BCUT2D eigenvalue weighted by Gasteiger charge is -2.31. The molecule has 3 rings (SSSR count). The highest BCUT2D eigenvalue weighted by atomic mass is 16.2. The van der Waals surface area contributed by atoms with Gasteiger partial charge in [0.15, 0.2) is 0 Å². The molecule has 2 fully saturated rings. The summed E-state index contributed by atoms with van der Waals surface area (Å²) in [5.74, 6) is 0.151.